The molecule has 4 rings (SSSR count). The maximum absolute atomic E-state index is 12.6. The SMILES string of the molecule is COCCC(=O)N1CC(c2nnc(-c3ccc(C)cc3)o2)C2(CCOCC2)C1. The number of aryl methyl sites for hydroxylation is 1. The van der Waals surface area contributed by atoms with Gasteiger partial charge in [-0.1, -0.05) is 17.7 Å². The van der Waals surface area contributed by atoms with E-state index in [2.05, 4.69) is 10.2 Å². The van der Waals surface area contributed by atoms with E-state index in [-0.39, 0.29) is 17.2 Å². The molecule has 7 heteroatoms. The highest BCUT2D eigenvalue weighted by Crippen LogP contribution is 2.49. The molecular formula is C21H27N3O4. The average Bonchev–Trinajstić information content (AvgIpc) is 3.33. The summed E-state index contributed by atoms with van der Waals surface area (Å²) in [6.45, 7) is 5.22. The molecule has 7 nitrogen and oxygen atoms in total. The van der Waals surface area contributed by atoms with Crippen molar-refractivity contribution < 1.29 is 18.7 Å². The van der Waals surface area contributed by atoms with Crippen molar-refractivity contribution in [3.8, 4) is 11.5 Å². The van der Waals surface area contributed by atoms with E-state index in [9.17, 15) is 4.79 Å². The molecule has 1 aromatic carbocycles. The van der Waals surface area contributed by atoms with E-state index in [1.807, 2.05) is 36.1 Å². The monoisotopic (exact) mass is 385 g/mol. The Morgan fingerprint density at radius 1 is 1.25 bits per heavy atom. The van der Waals surface area contributed by atoms with Gasteiger partial charge in [-0.05, 0) is 31.9 Å². The summed E-state index contributed by atoms with van der Waals surface area (Å²) in [5.74, 6) is 1.31. The van der Waals surface area contributed by atoms with Crippen molar-refractivity contribution in [2.75, 3.05) is 40.0 Å². The van der Waals surface area contributed by atoms with E-state index < -0.39 is 0 Å². The predicted octanol–water partition coefficient (Wildman–Crippen LogP) is 2.80. The smallest absolute Gasteiger partial charge is 0.247 e. The van der Waals surface area contributed by atoms with Crippen LogP contribution in [0.3, 0.4) is 0 Å². The molecule has 0 aliphatic carbocycles. The van der Waals surface area contributed by atoms with Gasteiger partial charge >= 0.3 is 0 Å². The lowest BCUT2D eigenvalue weighted by atomic mass is 9.72. The molecule has 2 saturated heterocycles. The van der Waals surface area contributed by atoms with Gasteiger partial charge in [-0.3, -0.25) is 4.79 Å². The number of amides is 1. The number of hydrogen-bond donors (Lipinski definition) is 0. The van der Waals surface area contributed by atoms with Gasteiger partial charge in [0, 0.05) is 44.4 Å². The van der Waals surface area contributed by atoms with Crippen LogP contribution in [0.4, 0.5) is 0 Å². The number of methoxy groups -OCH3 is 1. The molecule has 1 aromatic heterocycles. The maximum atomic E-state index is 12.6. The second kappa shape index (κ2) is 8.01. The molecule has 0 bridgehead atoms. The number of likely N-dealkylation sites (tertiary alicyclic amines) is 1. The molecular weight excluding hydrogens is 358 g/mol. The van der Waals surface area contributed by atoms with Crippen LogP contribution in [0.5, 0.6) is 0 Å². The van der Waals surface area contributed by atoms with Crippen molar-refractivity contribution in [3.05, 3.63) is 35.7 Å². The van der Waals surface area contributed by atoms with Gasteiger partial charge in [-0.15, -0.1) is 10.2 Å². The third-order valence-corrected chi connectivity index (χ3v) is 6.05. The van der Waals surface area contributed by atoms with Crippen molar-refractivity contribution in [1.82, 2.24) is 15.1 Å². The number of nitrogens with zero attached hydrogens (tertiary/aromatic N) is 3. The first-order chi connectivity index (χ1) is 13.6. The van der Waals surface area contributed by atoms with E-state index in [0.29, 0.717) is 51.1 Å². The zero-order valence-electron chi connectivity index (χ0n) is 16.5. The van der Waals surface area contributed by atoms with Crippen LogP contribution < -0.4 is 0 Å². The van der Waals surface area contributed by atoms with Crippen molar-refractivity contribution in [2.45, 2.75) is 32.1 Å². The molecule has 1 unspecified atom stereocenters. The fraction of sp³-hybridized carbons (Fsp3) is 0.571. The Labute approximate surface area is 165 Å². The first-order valence-electron chi connectivity index (χ1n) is 9.86. The minimum absolute atomic E-state index is 0.0367. The minimum Gasteiger partial charge on any atom is -0.420 e. The van der Waals surface area contributed by atoms with Crippen LogP contribution in [0.2, 0.25) is 0 Å². The number of ether oxygens (including phenoxy) is 2. The Morgan fingerprint density at radius 2 is 2.00 bits per heavy atom. The molecule has 150 valence electrons. The number of benzene rings is 1. The molecule has 1 amide bonds. The summed E-state index contributed by atoms with van der Waals surface area (Å²) in [6, 6.07) is 8.05. The van der Waals surface area contributed by atoms with Crippen LogP contribution in [0.15, 0.2) is 28.7 Å². The number of carbonyl (C=O) groups excluding carboxylic acids is 1. The quantitative estimate of drug-likeness (QED) is 0.788. The average molecular weight is 385 g/mol. The Morgan fingerprint density at radius 3 is 2.71 bits per heavy atom. The van der Waals surface area contributed by atoms with Crippen LogP contribution in [0.1, 0.15) is 36.6 Å². The molecule has 2 fully saturated rings. The first-order valence-corrected chi connectivity index (χ1v) is 9.86. The first kappa shape index (κ1) is 19.1. The molecule has 3 heterocycles. The maximum Gasteiger partial charge on any atom is 0.247 e. The van der Waals surface area contributed by atoms with E-state index >= 15 is 0 Å². The molecule has 1 spiro atoms. The van der Waals surface area contributed by atoms with Gasteiger partial charge in [0.05, 0.1) is 18.9 Å². The Balaban J connectivity index is 1.59. The third-order valence-electron chi connectivity index (χ3n) is 6.05. The highest BCUT2D eigenvalue weighted by Gasteiger charge is 2.51. The zero-order chi connectivity index (χ0) is 19.6. The van der Waals surface area contributed by atoms with Gasteiger partial charge in [0.1, 0.15) is 0 Å². The summed E-state index contributed by atoms with van der Waals surface area (Å²) in [4.78, 5) is 14.5. The number of carbonyl (C=O) groups is 1. The summed E-state index contributed by atoms with van der Waals surface area (Å²) in [6.07, 6.45) is 2.19. The lowest BCUT2D eigenvalue weighted by Crippen LogP contribution is -2.37. The van der Waals surface area contributed by atoms with Gasteiger partial charge in [0.25, 0.3) is 0 Å². The highest BCUT2D eigenvalue weighted by atomic mass is 16.5. The molecule has 2 aromatic rings. The predicted molar refractivity (Wildman–Crippen MR) is 103 cm³/mol. The van der Waals surface area contributed by atoms with Crippen molar-refractivity contribution in [1.29, 1.82) is 0 Å². The molecule has 1 atom stereocenters. The molecule has 28 heavy (non-hydrogen) atoms. The van der Waals surface area contributed by atoms with Gasteiger partial charge in [-0.2, -0.15) is 0 Å². The normalized spacial score (nSPS) is 21.4. The Kier molecular flexibility index (Phi) is 5.46. The minimum atomic E-state index is -0.0575. The van der Waals surface area contributed by atoms with E-state index in [1.165, 1.54) is 5.56 Å². The number of aromatic nitrogens is 2. The van der Waals surface area contributed by atoms with Crippen LogP contribution in [0, 0.1) is 12.3 Å². The van der Waals surface area contributed by atoms with Gasteiger partial charge in [0.2, 0.25) is 17.7 Å². The van der Waals surface area contributed by atoms with Crippen molar-refractivity contribution >= 4 is 5.91 Å². The van der Waals surface area contributed by atoms with Crippen molar-refractivity contribution in [2.24, 2.45) is 5.41 Å². The molecule has 0 saturated carbocycles. The lowest BCUT2D eigenvalue weighted by Gasteiger charge is -2.36. The van der Waals surface area contributed by atoms with E-state index in [0.717, 1.165) is 18.4 Å². The van der Waals surface area contributed by atoms with Crippen LogP contribution >= 0.6 is 0 Å². The van der Waals surface area contributed by atoms with Gasteiger partial charge < -0.3 is 18.8 Å². The van der Waals surface area contributed by atoms with Crippen LogP contribution in [-0.4, -0.2) is 61.0 Å². The van der Waals surface area contributed by atoms with Crippen LogP contribution in [0.25, 0.3) is 11.5 Å². The summed E-state index contributed by atoms with van der Waals surface area (Å²) in [5, 5.41) is 8.67. The standard InChI is InChI=1S/C21H27N3O4/c1-15-3-5-16(6-4-15)19-22-23-20(28-19)17-13-24(18(25)7-10-26-2)14-21(17)8-11-27-12-9-21/h3-6,17H,7-14H2,1-2H3. The van der Waals surface area contributed by atoms with Gasteiger partial charge in [0.15, 0.2) is 0 Å². The molecule has 0 radical (unpaired) electrons. The largest absolute Gasteiger partial charge is 0.420 e. The Bertz CT molecular complexity index is 811. The molecule has 2 aliphatic rings. The van der Waals surface area contributed by atoms with Crippen LogP contribution in [-0.2, 0) is 14.3 Å². The zero-order valence-corrected chi connectivity index (χ0v) is 16.5. The highest BCUT2D eigenvalue weighted by molar-refractivity contribution is 5.77. The summed E-state index contributed by atoms with van der Waals surface area (Å²) >= 11 is 0. The molecule has 0 N–H and O–H groups in total. The van der Waals surface area contributed by atoms with E-state index in [1.54, 1.807) is 7.11 Å². The van der Waals surface area contributed by atoms with E-state index in [4.69, 9.17) is 13.9 Å². The molecule has 2 aliphatic heterocycles. The Hall–Kier alpha value is -2.25. The summed E-state index contributed by atoms with van der Waals surface area (Å²) < 4.78 is 16.8. The van der Waals surface area contributed by atoms with Crippen molar-refractivity contribution in [3.63, 3.8) is 0 Å². The van der Waals surface area contributed by atoms with Gasteiger partial charge in [-0.25, -0.2) is 0 Å². The fourth-order valence-electron chi connectivity index (χ4n) is 4.32. The second-order valence-electron chi connectivity index (χ2n) is 7.86. The topological polar surface area (TPSA) is 77.7 Å². The number of hydrogen-bond acceptors (Lipinski definition) is 6. The fourth-order valence-corrected chi connectivity index (χ4v) is 4.32. The summed E-state index contributed by atoms with van der Waals surface area (Å²) in [7, 11) is 1.62. The summed E-state index contributed by atoms with van der Waals surface area (Å²) in [5.41, 5.74) is 2.04. The lowest BCUT2D eigenvalue weighted by molar-refractivity contribution is -0.131. The third kappa shape index (κ3) is 3.69. The number of rotatable bonds is 5. The second-order valence-corrected chi connectivity index (χ2v) is 7.86.